The normalized spacial score (nSPS) is 10.3. The number of benzene rings is 2. The van der Waals surface area contributed by atoms with Crippen LogP contribution < -0.4 is 5.32 Å². The molecule has 0 aliphatic rings. The first-order valence-corrected chi connectivity index (χ1v) is 7.86. The van der Waals surface area contributed by atoms with Gasteiger partial charge >= 0.3 is 0 Å². The maximum atomic E-state index is 13.4. The molecule has 0 saturated carbocycles. The molecule has 1 amide bonds. The number of hydrogen-bond acceptors (Lipinski definition) is 1. The Morgan fingerprint density at radius 3 is 2.63 bits per heavy atom. The van der Waals surface area contributed by atoms with Crippen molar-refractivity contribution >= 4 is 66.0 Å². The summed E-state index contributed by atoms with van der Waals surface area (Å²) in [5.74, 6) is -0.817. The molecule has 6 heteroatoms. The summed E-state index contributed by atoms with van der Waals surface area (Å²) in [7, 11) is 0. The number of carbonyl (C=O) groups excluding carboxylic acids is 1. The fourth-order valence-corrected chi connectivity index (χ4v) is 2.66. The van der Waals surface area contributed by atoms with Crippen LogP contribution in [0.4, 0.5) is 10.1 Å². The topological polar surface area (TPSA) is 29.1 Å². The van der Waals surface area contributed by atoms with E-state index >= 15 is 0 Å². The van der Waals surface area contributed by atoms with Gasteiger partial charge in [0.2, 0.25) is 0 Å². The van der Waals surface area contributed by atoms with Crippen molar-refractivity contribution < 1.29 is 9.18 Å². The number of hydrogen-bond donors (Lipinski definition) is 1. The first-order valence-electron chi connectivity index (χ1n) is 5.19. The summed E-state index contributed by atoms with van der Waals surface area (Å²) in [6, 6.07) is 9.81. The molecule has 0 aliphatic carbocycles. The monoisotopic (exact) mass is 497 g/mol. The van der Waals surface area contributed by atoms with Gasteiger partial charge in [-0.05, 0) is 84.8 Å². The minimum Gasteiger partial charge on any atom is -0.322 e. The number of halogens is 4. The average molecular weight is 499 g/mol. The Labute approximate surface area is 140 Å². The summed E-state index contributed by atoms with van der Waals surface area (Å²) in [6.07, 6.45) is 0. The molecule has 0 unspecified atom stereocenters. The Morgan fingerprint density at radius 1 is 1.21 bits per heavy atom. The van der Waals surface area contributed by atoms with Gasteiger partial charge in [-0.25, -0.2) is 4.39 Å². The number of nitrogens with one attached hydrogen (secondary N) is 1. The molecule has 2 rings (SSSR count). The van der Waals surface area contributed by atoms with E-state index in [9.17, 15) is 9.18 Å². The summed E-state index contributed by atoms with van der Waals surface area (Å²) in [5.41, 5.74) is 0.923. The Bertz CT molecular complexity index is 649. The fraction of sp³-hybridized carbons (Fsp3) is 0. The molecule has 19 heavy (non-hydrogen) atoms. The van der Waals surface area contributed by atoms with Crippen molar-refractivity contribution in [2.75, 3.05) is 5.32 Å². The van der Waals surface area contributed by atoms with E-state index in [1.807, 2.05) is 12.1 Å². The van der Waals surface area contributed by atoms with Crippen molar-refractivity contribution in [1.29, 1.82) is 0 Å². The van der Waals surface area contributed by atoms with Crippen LogP contribution in [0, 0.1) is 9.39 Å². The molecular weight excluding hydrogens is 492 g/mol. The molecule has 0 aliphatic heterocycles. The number of anilines is 1. The quantitative estimate of drug-likeness (QED) is 0.566. The van der Waals surface area contributed by atoms with Crippen LogP contribution in [0.2, 0.25) is 0 Å². The van der Waals surface area contributed by atoms with E-state index in [0.717, 1.165) is 8.04 Å². The third-order valence-electron chi connectivity index (χ3n) is 2.37. The Hall–Kier alpha value is -0.470. The highest BCUT2D eigenvalue weighted by Gasteiger charge is 2.13. The lowest BCUT2D eigenvalue weighted by Crippen LogP contribution is -2.13. The lowest BCUT2D eigenvalue weighted by Gasteiger charge is -2.08. The van der Waals surface area contributed by atoms with Crippen molar-refractivity contribution in [1.82, 2.24) is 0 Å². The SMILES string of the molecule is O=C(Nc1ccc(Br)c(I)c1)c1cccc(F)c1Br. The van der Waals surface area contributed by atoms with Gasteiger partial charge in [-0.15, -0.1) is 0 Å². The summed E-state index contributed by atoms with van der Waals surface area (Å²) in [4.78, 5) is 12.1. The van der Waals surface area contributed by atoms with Crippen LogP contribution in [0.5, 0.6) is 0 Å². The highest BCUT2D eigenvalue weighted by Crippen LogP contribution is 2.24. The first-order chi connectivity index (χ1) is 8.99. The summed E-state index contributed by atoms with van der Waals surface area (Å²) in [5, 5.41) is 2.73. The molecule has 0 heterocycles. The van der Waals surface area contributed by atoms with Gasteiger partial charge < -0.3 is 5.32 Å². The van der Waals surface area contributed by atoms with E-state index in [2.05, 4.69) is 59.8 Å². The third-order valence-corrected chi connectivity index (χ3v) is 5.50. The molecule has 0 fully saturated rings. The van der Waals surface area contributed by atoms with Gasteiger partial charge in [-0.2, -0.15) is 0 Å². The highest BCUT2D eigenvalue weighted by atomic mass is 127. The number of rotatable bonds is 2. The predicted molar refractivity (Wildman–Crippen MR) is 88.9 cm³/mol. The zero-order valence-corrected chi connectivity index (χ0v) is 14.7. The van der Waals surface area contributed by atoms with Crippen LogP contribution in [0.1, 0.15) is 10.4 Å². The molecule has 2 nitrogen and oxygen atoms in total. The standard InChI is InChI=1S/C13H7Br2FINO/c14-9-5-4-7(6-11(9)17)18-13(19)8-2-1-3-10(16)12(8)15/h1-6H,(H,18,19). The Morgan fingerprint density at radius 2 is 1.95 bits per heavy atom. The van der Waals surface area contributed by atoms with Gasteiger partial charge in [-0.3, -0.25) is 4.79 Å². The van der Waals surface area contributed by atoms with Crippen LogP contribution in [-0.4, -0.2) is 5.91 Å². The van der Waals surface area contributed by atoms with E-state index in [-0.39, 0.29) is 15.9 Å². The molecule has 0 saturated heterocycles. The van der Waals surface area contributed by atoms with Crippen molar-refractivity contribution in [2.24, 2.45) is 0 Å². The van der Waals surface area contributed by atoms with Gasteiger partial charge in [0.05, 0.1) is 10.0 Å². The van der Waals surface area contributed by atoms with Crippen LogP contribution in [0.3, 0.4) is 0 Å². The lowest BCUT2D eigenvalue weighted by molar-refractivity contribution is 0.102. The van der Waals surface area contributed by atoms with Gasteiger partial charge in [-0.1, -0.05) is 6.07 Å². The molecular formula is C13H7Br2FINO. The van der Waals surface area contributed by atoms with E-state index in [1.54, 1.807) is 12.1 Å². The van der Waals surface area contributed by atoms with Crippen molar-refractivity contribution in [3.8, 4) is 0 Å². The summed E-state index contributed by atoms with van der Waals surface area (Å²) in [6.45, 7) is 0. The fourth-order valence-electron chi connectivity index (χ4n) is 1.45. The molecule has 0 bridgehead atoms. The molecule has 0 spiro atoms. The van der Waals surface area contributed by atoms with E-state index in [1.165, 1.54) is 12.1 Å². The van der Waals surface area contributed by atoms with Crippen molar-refractivity contribution in [2.45, 2.75) is 0 Å². The largest absolute Gasteiger partial charge is 0.322 e. The summed E-state index contributed by atoms with van der Waals surface area (Å²) >= 11 is 8.62. The molecule has 0 aromatic heterocycles. The second-order valence-corrected chi connectivity index (χ2v) is 6.49. The second kappa shape index (κ2) is 6.32. The highest BCUT2D eigenvalue weighted by molar-refractivity contribution is 14.1. The van der Waals surface area contributed by atoms with Gasteiger partial charge in [0.1, 0.15) is 5.82 Å². The van der Waals surface area contributed by atoms with Crippen LogP contribution >= 0.6 is 54.5 Å². The molecule has 2 aromatic carbocycles. The lowest BCUT2D eigenvalue weighted by atomic mass is 10.2. The van der Waals surface area contributed by atoms with Crippen molar-refractivity contribution in [3.05, 3.63) is 60.3 Å². The molecule has 2 aromatic rings. The predicted octanol–water partition coefficient (Wildman–Crippen LogP) is 5.21. The van der Waals surface area contributed by atoms with Crippen LogP contribution in [-0.2, 0) is 0 Å². The molecule has 0 atom stereocenters. The molecule has 98 valence electrons. The van der Waals surface area contributed by atoms with Crippen LogP contribution in [0.25, 0.3) is 0 Å². The van der Waals surface area contributed by atoms with E-state index in [4.69, 9.17) is 0 Å². The molecule has 0 radical (unpaired) electrons. The van der Waals surface area contributed by atoms with E-state index in [0.29, 0.717) is 5.69 Å². The van der Waals surface area contributed by atoms with Crippen LogP contribution in [0.15, 0.2) is 45.3 Å². The average Bonchev–Trinajstić information content (AvgIpc) is 2.37. The smallest absolute Gasteiger partial charge is 0.256 e. The number of carbonyl (C=O) groups is 1. The van der Waals surface area contributed by atoms with Gasteiger partial charge in [0.15, 0.2) is 0 Å². The molecule has 1 N–H and O–H groups in total. The first kappa shape index (κ1) is 14.9. The number of amides is 1. The minimum atomic E-state index is -0.460. The minimum absolute atomic E-state index is 0.166. The van der Waals surface area contributed by atoms with Gasteiger partial charge in [0, 0.05) is 13.7 Å². The zero-order chi connectivity index (χ0) is 14.0. The Balaban J connectivity index is 2.26. The van der Waals surface area contributed by atoms with Gasteiger partial charge in [0.25, 0.3) is 5.91 Å². The maximum absolute atomic E-state index is 13.4. The van der Waals surface area contributed by atoms with E-state index < -0.39 is 5.82 Å². The van der Waals surface area contributed by atoms with Crippen molar-refractivity contribution in [3.63, 3.8) is 0 Å². The summed E-state index contributed by atoms with van der Waals surface area (Å²) < 4.78 is 15.5. The Kier molecular flexibility index (Phi) is 4.97. The maximum Gasteiger partial charge on any atom is 0.256 e. The third kappa shape index (κ3) is 3.55. The second-order valence-electron chi connectivity index (χ2n) is 3.68. The zero-order valence-electron chi connectivity index (χ0n) is 9.38.